The zero-order chi connectivity index (χ0) is 15.2. The SMILES string of the molecule is CCOc1ccc(C(C)NC(=O)C(N)(CC)CC)cc1. The van der Waals surface area contributed by atoms with Gasteiger partial charge in [-0.3, -0.25) is 4.79 Å². The van der Waals surface area contributed by atoms with Gasteiger partial charge < -0.3 is 15.8 Å². The highest BCUT2D eigenvalue weighted by Crippen LogP contribution is 2.19. The lowest BCUT2D eigenvalue weighted by Crippen LogP contribution is -2.53. The molecule has 0 aliphatic rings. The van der Waals surface area contributed by atoms with Crippen molar-refractivity contribution in [2.75, 3.05) is 6.61 Å². The number of hydrogen-bond acceptors (Lipinski definition) is 3. The van der Waals surface area contributed by atoms with Crippen LogP contribution in [0.5, 0.6) is 5.75 Å². The first-order valence-electron chi connectivity index (χ1n) is 7.29. The summed E-state index contributed by atoms with van der Waals surface area (Å²) in [4.78, 5) is 12.2. The van der Waals surface area contributed by atoms with E-state index in [9.17, 15) is 4.79 Å². The van der Waals surface area contributed by atoms with Crippen LogP contribution in [0.4, 0.5) is 0 Å². The van der Waals surface area contributed by atoms with Crippen molar-refractivity contribution in [2.45, 2.75) is 52.1 Å². The Labute approximate surface area is 121 Å². The van der Waals surface area contributed by atoms with Crippen molar-refractivity contribution in [2.24, 2.45) is 5.73 Å². The van der Waals surface area contributed by atoms with Crippen LogP contribution in [0.15, 0.2) is 24.3 Å². The number of amides is 1. The first-order valence-corrected chi connectivity index (χ1v) is 7.29. The third-order valence-corrected chi connectivity index (χ3v) is 3.75. The minimum Gasteiger partial charge on any atom is -0.494 e. The first-order chi connectivity index (χ1) is 9.46. The molecule has 4 nitrogen and oxygen atoms in total. The molecule has 0 saturated carbocycles. The summed E-state index contributed by atoms with van der Waals surface area (Å²) < 4.78 is 5.40. The van der Waals surface area contributed by atoms with Crippen molar-refractivity contribution in [3.05, 3.63) is 29.8 Å². The van der Waals surface area contributed by atoms with E-state index in [1.165, 1.54) is 0 Å². The average molecular weight is 278 g/mol. The van der Waals surface area contributed by atoms with Crippen LogP contribution in [-0.4, -0.2) is 18.1 Å². The van der Waals surface area contributed by atoms with Gasteiger partial charge in [0.1, 0.15) is 5.75 Å². The smallest absolute Gasteiger partial charge is 0.240 e. The Morgan fingerprint density at radius 1 is 1.25 bits per heavy atom. The quantitative estimate of drug-likeness (QED) is 0.806. The van der Waals surface area contributed by atoms with E-state index in [2.05, 4.69) is 5.32 Å². The molecular formula is C16H26N2O2. The molecule has 1 aromatic rings. The van der Waals surface area contributed by atoms with Crippen LogP contribution < -0.4 is 15.8 Å². The summed E-state index contributed by atoms with van der Waals surface area (Å²) in [5.74, 6) is 0.744. The van der Waals surface area contributed by atoms with E-state index in [0.717, 1.165) is 11.3 Å². The Morgan fingerprint density at radius 2 is 1.80 bits per heavy atom. The fraction of sp³-hybridized carbons (Fsp3) is 0.562. The Hall–Kier alpha value is -1.55. The maximum Gasteiger partial charge on any atom is 0.240 e. The lowest BCUT2D eigenvalue weighted by molar-refractivity contribution is -0.127. The number of nitrogens with two attached hydrogens (primary N) is 1. The third-order valence-electron chi connectivity index (χ3n) is 3.75. The molecule has 0 saturated heterocycles. The second-order valence-corrected chi connectivity index (χ2v) is 5.06. The van der Waals surface area contributed by atoms with Crippen LogP contribution in [0.1, 0.15) is 52.1 Å². The fourth-order valence-corrected chi connectivity index (χ4v) is 2.01. The molecule has 1 rings (SSSR count). The average Bonchev–Trinajstić information content (AvgIpc) is 2.47. The van der Waals surface area contributed by atoms with Gasteiger partial charge in [-0.05, 0) is 44.4 Å². The van der Waals surface area contributed by atoms with Gasteiger partial charge in [-0.15, -0.1) is 0 Å². The van der Waals surface area contributed by atoms with Crippen molar-refractivity contribution in [1.29, 1.82) is 0 Å². The van der Waals surface area contributed by atoms with E-state index in [-0.39, 0.29) is 11.9 Å². The normalized spacial score (nSPS) is 12.8. The molecule has 0 fully saturated rings. The maximum absolute atomic E-state index is 12.2. The number of carbonyl (C=O) groups excluding carboxylic acids is 1. The van der Waals surface area contributed by atoms with E-state index >= 15 is 0 Å². The number of rotatable bonds is 7. The summed E-state index contributed by atoms with van der Waals surface area (Å²) in [5.41, 5.74) is 6.36. The zero-order valence-corrected chi connectivity index (χ0v) is 12.9. The third kappa shape index (κ3) is 3.97. The molecule has 1 atom stereocenters. The van der Waals surface area contributed by atoms with E-state index in [1.807, 2.05) is 52.0 Å². The molecule has 0 bridgehead atoms. The minimum atomic E-state index is -0.778. The van der Waals surface area contributed by atoms with Crippen molar-refractivity contribution in [3.8, 4) is 5.75 Å². The molecule has 0 heterocycles. The largest absolute Gasteiger partial charge is 0.494 e. The van der Waals surface area contributed by atoms with Gasteiger partial charge in [0.2, 0.25) is 5.91 Å². The lowest BCUT2D eigenvalue weighted by atomic mass is 9.92. The highest BCUT2D eigenvalue weighted by Gasteiger charge is 2.30. The Morgan fingerprint density at radius 3 is 2.25 bits per heavy atom. The molecule has 112 valence electrons. The summed E-state index contributed by atoms with van der Waals surface area (Å²) in [6, 6.07) is 7.69. The highest BCUT2D eigenvalue weighted by atomic mass is 16.5. The van der Waals surface area contributed by atoms with Gasteiger partial charge in [0, 0.05) is 0 Å². The molecule has 1 aromatic carbocycles. The van der Waals surface area contributed by atoms with E-state index < -0.39 is 5.54 Å². The van der Waals surface area contributed by atoms with Crippen LogP contribution in [0, 0.1) is 0 Å². The molecule has 4 heteroatoms. The number of hydrogen-bond donors (Lipinski definition) is 2. The van der Waals surface area contributed by atoms with Crippen LogP contribution in [0.3, 0.4) is 0 Å². The predicted octanol–water partition coefficient (Wildman–Crippen LogP) is 2.78. The van der Waals surface area contributed by atoms with E-state index in [0.29, 0.717) is 19.4 Å². The molecule has 1 unspecified atom stereocenters. The fourth-order valence-electron chi connectivity index (χ4n) is 2.01. The lowest BCUT2D eigenvalue weighted by Gasteiger charge is -2.27. The van der Waals surface area contributed by atoms with Crippen LogP contribution in [0.25, 0.3) is 0 Å². The minimum absolute atomic E-state index is 0.0702. The summed E-state index contributed by atoms with van der Waals surface area (Å²) >= 11 is 0. The molecule has 0 aromatic heterocycles. The summed E-state index contributed by atoms with van der Waals surface area (Å²) in [6.45, 7) is 8.43. The predicted molar refractivity (Wildman–Crippen MR) is 81.7 cm³/mol. The summed E-state index contributed by atoms with van der Waals surface area (Å²) in [6.07, 6.45) is 1.26. The Kier molecular flexibility index (Phi) is 6.02. The van der Waals surface area contributed by atoms with Crippen LogP contribution in [-0.2, 0) is 4.79 Å². The van der Waals surface area contributed by atoms with Gasteiger partial charge in [0.05, 0.1) is 18.2 Å². The molecule has 0 aliphatic carbocycles. The van der Waals surface area contributed by atoms with Crippen molar-refractivity contribution in [1.82, 2.24) is 5.32 Å². The van der Waals surface area contributed by atoms with Crippen molar-refractivity contribution >= 4 is 5.91 Å². The highest BCUT2D eigenvalue weighted by molar-refractivity contribution is 5.86. The standard InChI is InChI=1S/C16H26N2O2/c1-5-16(17,6-2)15(19)18-12(4)13-8-10-14(11-9-13)20-7-3/h8-12H,5-7,17H2,1-4H3,(H,18,19). The maximum atomic E-state index is 12.2. The summed E-state index contributed by atoms with van der Waals surface area (Å²) in [7, 11) is 0. The molecule has 0 aliphatic heterocycles. The molecule has 0 radical (unpaired) electrons. The topological polar surface area (TPSA) is 64.3 Å². The van der Waals surface area contributed by atoms with Gasteiger partial charge in [-0.1, -0.05) is 26.0 Å². The van der Waals surface area contributed by atoms with Crippen LogP contribution in [0.2, 0.25) is 0 Å². The molecule has 0 spiro atoms. The molecule has 3 N–H and O–H groups in total. The second-order valence-electron chi connectivity index (χ2n) is 5.06. The van der Waals surface area contributed by atoms with E-state index in [1.54, 1.807) is 0 Å². The zero-order valence-electron chi connectivity index (χ0n) is 12.9. The van der Waals surface area contributed by atoms with Crippen molar-refractivity contribution in [3.63, 3.8) is 0 Å². The number of benzene rings is 1. The molecule has 1 amide bonds. The van der Waals surface area contributed by atoms with Gasteiger partial charge in [-0.2, -0.15) is 0 Å². The Bertz CT molecular complexity index is 425. The molecular weight excluding hydrogens is 252 g/mol. The molecule has 20 heavy (non-hydrogen) atoms. The van der Waals surface area contributed by atoms with Crippen molar-refractivity contribution < 1.29 is 9.53 Å². The Balaban J connectivity index is 2.71. The van der Waals surface area contributed by atoms with Gasteiger partial charge in [0.25, 0.3) is 0 Å². The second kappa shape index (κ2) is 7.29. The van der Waals surface area contributed by atoms with Crippen LogP contribution >= 0.6 is 0 Å². The number of carbonyl (C=O) groups is 1. The number of nitrogens with one attached hydrogen (secondary N) is 1. The van der Waals surface area contributed by atoms with Gasteiger partial charge in [-0.25, -0.2) is 0 Å². The monoisotopic (exact) mass is 278 g/mol. The number of ether oxygens (including phenoxy) is 1. The van der Waals surface area contributed by atoms with E-state index in [4.69, 9.17) is 10.5 Å². The first kappa shape index (κ1) is 16.5. The van der Waals surface area contributed by atoms with Gasteiger partial charge >= 0.3 is 0 Å². The summed E-state index contributed by atoms with van der Waals surface area (Å²) in [5, 5.41) is 2.99. The van der Waals surface area contributed by atoms with Gasteiger partial charge in [0.15, 0.2) is 0 Å².